The minimum Gasteiger partial charge on any atom is -0.397 e. The lowest BCUT2D eigenvalue weighted by molar-refractivity contribution is -0.121. The maximum atomic E-state index is 11.7. The van der Waals surface area contributed by atoms with Gasteiger partial charge in [0.2, 0.25) is 5.91 Å². The molecule has 2 rings (SSSR count). The maximum absolute atomic E-state index is 11.7. The van der Waals surface area contributed by atoms with Crippen molar-refractivity contribution in [1.82, 2.24) is 14.9 Å². The number of hydrogen-bond donors (Lipinski definition) is 2. The summed E-state index contributed by atoms with van der Waals surface area (Å²) in [5.41, 5.74) is 8.11. The smallest absolute Gasteiger partial charge is 0.239 e. The predicted octanol–water partition coefficient (Wildman–Crippen LogP) is 1.66. The summed E-state index contributed by atoms with van der Waals surface area (Å²) in [6, 6.07) is 5.65. The van der Waals surface area contributed by atoms with Crippen molar-refractivity contribution in [3.63, 3.8) is 0 Å². The Morgan fingerprint density at radius 1 is 1.42 bits per heavy atom. The monoisotopic (exact) mass is 260 g/mol. The SMILES string of the molecule is CNC(=O)Cn1c(C(C)(C)C)nc2c(N)cccc21. The summed E-state index contributed by atoms with van der Waals surface area (Å²) < 4.78 is 1.94. The van der Waals surface area contributed by atoms with Crippen molar-refractivity contribution in [3.05, 3.63) is 24.0 Å². The number of likely N-dealkylation sites (N-methyl/N-ethyl adjacent to an activating group) is 1. The number of nitrogen functional groups attached to an aromatic ring is 1. The van der Waals surface area contributed by atoms with Gasteiger partial charge in [-0.25, -0.2) is 4.98 Å². The Kier molecular flexibility index (Phi) is 3.22. The van der Waals surface area contributed by atoms with E-state index in [1.54, 1.807) is 7.05 Å². The zero-order chi connectivity index (χ0) is 14.2. The van der Waals surface area contributed by atoms with Crippen LogP contribution in [0.3, 0.4) is 0 Å². The molecular formula is C14H20N4O. The normalized spacial score (nSPS) is 11.8. The molecule has 0 atom stereocenters. The van der Waals surface area contributed by atoms with Crippen LogP contribution in [0.4, 0.5) is 5.69 Å². The number of imidazole rings is 1. The van der Waals surface area contributed by atoms with E-state index in [0.29, 0.717) is 5.69 Å². The van der Waals surface area contributed by atoms with Gasteiger partial charge >= 0.3 is 0 Å². The fourth-order valence-corrected chi connectivity index (χ4v) is 2.12. The number of hydrogen-bond acceptors (Lipinski definition) is 3. The number of aromatic nitrogens is 2. The van der Waals surface area contributed by atoms with Crippen LogP contribution in [-0.4, -0.2) is 22.5 Å². The quantitative estimate of drug-likeness (QED) is 0.807. The van der Waals surface area contributed by atoms with Crippen LogP contribution < -0.4 is 11.1 Å². The third-order valence-corrected chi connectivity index (χ3v) is 3.06. The van der Waals surface area contributed by atoms with Gasteiger partial charge in [-0.2, -0.15) is 0 Å². The molecule has 0 saturated carbocycles. The van der Waals surface area contributed by atoms with E-state index in [1.807, 2.05) is 22.8 Å². The number of nitrogens with zero attached hydrogens (tertiary/aromatic N) is 2. The number of carbonyl (C=O) groups excluding carboxylic acids is 1. The maximum Gasteiger partial charge on any atom is 0.239 e. The average molecular weight is 260 g/mol. The first-order valence-electron chi connectivity index (χ1n) is 6.30. The molecule has 0 unspecified atom stereocenters. The highest BCUT2D eigenvalue weighted by Gasteiger charge is 2.24. The number of benzene rings is 1. The van der Waals surface area contributed by atoms with Crippen LogP contribution >= 0.6 is 0 Å². The second-order valence-corrected chi connectivity index (χ2v) is 5.66. The van der Waals surface area contributed by atoms with Crippen molar-refractivity contribution < 1.29 is 4.79 Å². The number of anilines is 1. The van der Waals surface area contributed by atoms with Crippen LogP contribution in [0.5, 0.6) is 0 Å². The Morgan fingerprint density at radius 3 is 2.68 bits per heavy atom. The number of rotatable bonds is 2. The minimum absolute atomic E-state index is 0.0489. The highest BCUT2D eigenvalue weighted by molar-refractivity contribution is 5.89. The predicted molar refractivity (Wildman–Crippen MR) is 76.9 cm³/mol. The van der Waals surface area contributed by atoms with Gasteiger partial charge in [-0.15, -0.1) is 0 Å². The molecule has 0 saturated heterocycles. The van der Waals surface area contributed by atoms with Crippen molar-refractivity contribution in [2.24, 2.45) is 0 Å². The van der Waals surface area contributed by atoms with Crippen LogP contribution in [0, 0.1) is 0 Å². The first-order valence-corrected chi connectivity index (χ1v) is 6.30. The Balaban J connectivity index is 2.69. The van der Waals surface area contributed by atoms with Gasteiger partial charge in [0.15, 0.2) is 0 Å². The molecule has 2 aromatic rings. The molecule has 5 nitrogen and oxygen atoms in total. The molecule has 0 fully saturated rings. The molecule has 1 amide bonds. The van der Waals surface area contributed by atoms with Gasteiger partial charge in [0.1, 0.15) is 17.9 Å². The van der Waals surface area contributed by atoms with E-state index in [9.17, 15) is 4.79 Å². The largest absolute Gasteiger partial charge is 0.397 e. The van der Waals surface area contributed by atoms with E-state index in [-0.39, 0.29) is 17.9 Å². The zero-order valence-corrected chi connectivity index (χ0v) is 11.8. The summed E-state index contributed by atoms with van der Waals surface area (Å²) in [5.74, 6) is 0.816. The molecule has 1 aromatic heterocycles. The van der Waals surface area contributed by atoms with Gasteiger partial charge < -0.3 is 15.6 Å². The fourth-order valence-electron chi connectivity index (χ4n) is 2.12. The molecule has 0 aliphatic carbocycles. The zero-order valence-electron chi connectivity index (χ0n) is 11.8. The van der Waals surface area contributed by atoms with Crippen LogP contribution in [0.2, 0.25) is 0 Å². The van der Waals surface area contributed by atoms with Crippen molar-refractivity contribution in [3.8, 4) is 0 Å². The second kappa shape index (κ2) is 4.57. The summed E-state index contributed by atoms with van der Waals surface area (Å²) >= 11 is 0. The number of nitrogens with one attached hydrogen (secondary N) is 1. The van der Waals surface area contributed by atoms with E-state index in [1.165, 1.54) is 0 Å². The third kappa shape index (κ3) is 2.41. The van der Waals surface area contributed by atoms with Gasteiger partial charge in [-0.1, -0.05) is 26.8 Å². The molecule has 0 radical (unpaired) electrons. The highest BCUT2D eigenvalue weighted by Crippen LogP contribution is 2.28. The molecule has 102 valence electrons. The van der Waals surface area contributed by atoms with Crippen molar-refractivity contribution >= 4 is 22.6 Å². The van der Waals surface area contributed by atoms with Gasteiger partial charge in [0.25, 0.3) is 0 Å². The van der Waals surface area contributed by atoms with Crippen LogP contribution in [0.25, 0.3) is 11.0 Å². The molecule has 5 heteroatoms. The van der Waals surface area contributed by atoms with Crippen LogP contribution in [-0.2, 0) is 16.8 Å². The summed E-state index contributed by atoms with van der Waals surface area (Å²) in [6.45, 7) is 6.48. The average Bonchev–Trinajstić information content (AvgIpc) is 2.69. The standard InChI is InChI=1S/C14H20N4O/c1-14(2,3)13-17-12-9(15)6-5-7-10(12)18(13)8-11(19)16-4/h5-7H,8,15H2,1-4H3,(H,16,19). The van der Waals surface area contributed by atoms with Crippen molar-refractivity contribution in [2.45, 2.75) is 32.7 Å². The molecule has 0 spiro atoms. The number of nitrogens with two attached hydrogens (primary N) is 1. The minimum atomic E-state index is -0.153. The summed E-state index contributed by atoms with van der Waals surface area (Å²) in [7, 11) is 1.63. The van der Waals surface area contributed by atoms with Crippen LogP contribution in [0.1, 0.15) is 26.6 Å². The van der Waals surface area contributed by atoms with Crippen LogP contribution in [0.15, 0.2) is 18.2 Å². The molecule has 19 heavy (non-hydrogen) atoms. The van der Waals surface area contributed by atoms with Gasteiger partial charge in [-0.3, -0.25) is 4.79 Å². The Labute approximate surface area is 112 Å². The van der Waals surface area contributed by atoms with E-state index in [0.717, 1.165) is 16.9 Å². The molecular weight excluding hydrogens is 240 g/mol. The fraction of sp³-hybridized carbons (Fsp3) is 0.429. The molecule has 1 aromatic carbocycles. The Bertz CT molecular complexity index is 622. The third-order valence-electron chi connectivity index (χ3n) is 3.06. The van der Waals surface area contributed by atoms with Gasteiger partial charge in [0, 0.05) is 12.5 Å². The lowest BCUT2D eigenvalue weighted by atomic mass is 9.95. The number of amides is 1. The number of para-hydroxylation sites is 1. The summed E-state index contributed by atoms with van der Waals surface area (Å²) in [5, 5.41) is 2.64. The summed E-state index contributed by atoms with van der Waals surface area (Å²) in [6.07, 6.45) is 0. The van der Waals surface area contributed by atoms with Crippen molar-refractivity contribution in [1.29, 1.82) is 0 Å². The lowest BCUT2D eigenvalue weighted by Gasteiger charge is -2.19. The van der Waals surface area contributed by atoms with E-state index < -0.39 is 0 Å². The molecule has 0 aliphatic rings. The summed E-state index contributed by atoms with van der Waals surface area (Å²) in [4.78, 5) is 16.3. The molecule has 1 heterocycles. The van der Waals surface area contributed by atoms with E-state index in [4.69, 9.17) is 5.73 Å². The molecule has 0 aliphatic heterocycles. The van der Waals surface area contributed by atoms with Gasteiger partial charge in [-0.05, 0) is 12.1 Å². The van der Waals surface area contributed by atoms with Crippen molar-refractivity contribution in [2.75, 3.05) is 12.8 Å². The Hall–Kier alpha value is -2.04. The van der Waals surface area contributed by atoms with E-state index >= 15 is 0 Å². The second-order valence-electron chi connectivity index (χ2n) is 5.66. The molecule has 0 bridgehead atoms. The lowest BCUT2D eigenvalue weighted by Crippen LogP contribution is -2.27. The highest BCUT2D eigenvalue weighted by atomic mass is 16.1. The first-order chi connectivity index (χ1) is 8.84. The van der Waals surface area contributed by atoms with E-state index in [2.05, 4.69) is 31.1 Å². The number of carbonyl (C=O) groups is 1. The van der Waals surface area contributed by atoms with Gasteiger partial charge in [0.05, 0.1) is 11.2 Å². The number of fused-ring (bicyclic) bond motifs is 1. The Morgan fingerprint density at radius 2 is 2.11 bits per heavy atom. The molecule has 3 N–H and O–H groups in total. The topological polar surface area (TPSA) is 72.9 Å². The first kappa shape index (κ1) is 13.4.